The summed E-state index contributed by atoms with van der Waals surface area (Å²) in [6.07, 6.45) is -4.51. The topological polar surface area (TPSA) is 70.9 Å². The van der Waals surface area contributed by atoms with Crippen LogP contribution in [-0.4, -0.2) is 10.9 Å². The van der Waals surface area contributed by atoms with Gasteiger partial charge in [0, 0.05) is 16.8 Å². The van der Waals surface area contributed by atoms with Gasteiger partial charge in [0.15, 0.2) is 0 Å². The van der Waals surface area contributed by atoms with Crippen LogP contribution in [0.2, 0.25) is 0 Å². The Kier molecular flexibility index (Phi) is 3.71. The predicted octanol–water partition coefficient (Wildman–Crippen LogP) is 4.33. The highest BCUT2D eigenvalue weighted by Gasteiger charge is 2.35. The number of H-pyrrole nitrogens is 1. The molecule has 1 amide bonds. The molecule has 0 aliphatic heterocycles. The Morgan fingerprint density at radius 3 is 2.54 bits per heavy atom. The van der Waals surface area contributed by atoms with Gasteiger partial charge in [-0.15, -0.1) is 0 Å². The van der Waals surface area contributed by atoms with E-state index in [-0.39, 0.29) is 16.6 Å². The lowest BCUT2D eigenvalue weighted by molar-refractivity contribution is -0.141. The van der Waals surface area contributed by atoms with Gasteiger partial charge < -0.3 is 16.0 Å². The minimum Gasteiger partial charge on any atom is -0.399 e. The van der Waals surface area contributed by atoms with Crippen molar-refractivity contribution in [3.05, 3.63) is 59.3 Å². The van der Waals surface area contributed by atoms with Crippen molar-refractivity contribution >= 4 is 28.2 Å². The fourth-order valence-corrected chi connectivity index (χ4v) is 2.64. The van der Waals surface area contributed by atoms with Crippen molar-refractivity contribution in [2.75, 3.05) is 11.1 Å². The summed E-state index contributed by atoms with van der Waals surface area (Å²) < 4.78 is 39.2. The zero-order chi connectivity index (χ0) is 17.5. The highest BCUT2D eigenvalue weighted by atomic mass is 19.4. The summed E-state index contributed by atoms with van der Waals surface area (Å²) in [4.78, 5) is 14.8. The van der Waals surface area contributed by atoms with Crippen molar-refractivity contribution in [1.82, 2.24) is 4.98 Å². The van der Waals surface area contributed by atoms with Crippen molar-refractivity contribution in [3.63, 3.8) is 0 Å². The van der Waals surface area contributed by atoms with E-state index < -0.39 is 17.8 Å². The largest absolute Gasteiger partial charge is 0.431 e. The number of nitrogens with one attached hydrogen (secondary N) is 2. The minimum atomic E-state index is -4.51. The molecule has 0 aliphatic rings. The predicted molar refractivity (Wildman–Crippen MR) is 86.8 cm³/mol. The molecular formula is C17H14F3N3O. The molecule has 7 heteroatoms. The fourth-order valence-electron chi connectivity index (χ4n) is 2.64. The quantitative estimate of drug-likeness (QED) is 0.611. The van der Waals surface area contributed by atoms with Crippen molar-refractivity contribution in [2.45, 2.75) is 13.1 Å². The molecule has 0 fully saturated rings. The van der Waals surface area contributed by atoms with E-state index in [0.29, 0.717) is 16.8 Å². The van der Waals surface area contributed by atoms with E-state index in [9.17, 15) is 18.0 Å². The number of anilines is 2. The van der Waals surface area contributed by atoms with Gasteiger partial charge in [-0.2, -0.15) is 13.2 Å². The third kappa shape index (κ3) is 2.80. The molecule has 24 heavy (non-hydrogen) atoms. The number of aromatic nitrogens is 1. The second kappa shape index (κ2) is 5.59. The number of alkyl halides is 3. The first kappa shape index (κ1) is 15.9. The summed E-state index contributed by atoms with van der Waals surface area (Å²) in [5.41, 5.74) is 6.10. The Morgan fingerprint density at radius 2 is 1.88 bits per heavy atom. The monoisotopic (exact) mass is 333 g/mol. The lowest BCUT2D eigenvalue weighted by atomic mass is 10.1. The smallest absolute Gasteiger partial charge is 0.399 e. The van der Waals surface area contributed by atoms with Crippen molar-refractivity contribution < 1.29 is 18.0 Å². The normalized spacial score (nSPS) is 11.7. The molecule has 0 saturated heterocycles. The van der Waals surface area contributed by atoms with Crippen molar-refractivity contribution in [2.24, 2.45) is 0 Å². The molecule has 0 saturated carbocycles. The second-order valence-corrected chi connectivity index (χ2v) is 5.43. The number of halogens is 3. The van der Waals surface area contributed by atoms with E-state index in [1.165, 1.54) is 13.0 Å². The van der Waals surface area contributed by atoms with Gasteiger partial charge in [-0.3, -0.25) is 4.79 Å². The third-order valence-corrected chi connectivity index (χ3v) is 3.77. The molecule has 3 aromatic rings. The van der Waals surface area contributed by atoms with Crippen LogP contribution in [0.1, 0.15) is 21.6 Å². The van der Waals surface area contributed by atoms with Crippen LogP contribution < -0.4 is 11.1 Å². The number of rotatable bonds is 2. The molecule has 0 aliphatic carbocycles. The Hall–Kier alpha value is -2.96. The summed E-state index contributed by atoms with van der Waals surface area (Å²) in [6.45, 7) is 1.38. The first-order valence-corrected chi connectivity index (χ1v) is 7.13. The average molecular weight is 333 g/mol. The lowest BCUT2D eigenvalue weighted by Gasteiger charge is -2.07. The summed E-state index contributed by atoms with van der Waals surface area (Å²) in [5, 5.41) is 3.00. The van der Waals surface area contributed by atoms with Gasteiger partial charge >= 0.3 is 6.18 Å². The summed E-state index contributed by atoms with van der Waals surface area (Å²) >= 11 is 0. The van der Waals surface area contributed by atoms with Gasteiger partial charge in [-0.25, -0.2) is 0 Å². The fraction of sp³-hybridized carbons (Fsp3) is 0.118. The summed E-state index contributed by atoms with van der Waals surface area (Å²) in [6, 6.07) is 11.1. The Morgan fingerprint density at radius 1 is 1.17 bits per heavy atom. The molecule has 1 heterocycles. The molecule has 0 unspecified atom stereocenters. The number of benzene rings is 2. The van der Waals surface area contributed by atoms with Crippen LogP contribution in [0, 0.1) is 6.92 Å². The molecule has 0 atom stereocenters. The van der Waals surface area contributed by atoms with Gasteiger partial charge in [0.2, 0.25) is 0 Å². The maximum Gasteiger partial charge on any atom is 0.431 e. The van der Waals surface area contributed by atoms with E-state index in [1.807, 2.05) is 0 Å². The van der Waals surface area contributed by atoms with Crippen LogP contribution >= 0.6 is 0 Å². The highest BCUT2D eigenvalue weighted by Crippen LogP contribution is 2.36. The molecule has 4 nitrogen and oxygen atoms in total. The van der Waals surface area contributed by atoms with Crippen LogP contribution in [-0.2, 0) is 6.18 Å². The van der Waals surface area contributed by atoms with Gasteiger partial charge in [0.05, 0.1) is 11.1 Å². The van der Waals surface area contributed by atoms with Gasteiger partial charge in [-0.05, 0) is 36.8 Å². The molecule has 2 aromatic carbocycles. The van der Waals surface area contributed by atoms with Crippen LogP contribution in [0.5, 0.6) is 0 Å². The van der Waals surface area contributed by atoms with Crippen LogP contribution in [0.15, 0.2) is 42.5 Å². The minimum absolute atomic E-state index is 0.0658. The number of fused-ring (bicyclic) bond motifs is 1. The number of amides is 1. The Bertz CT molecular complexity index is 928. The maximum atomic E-state index is 13.1. The standard InChI is InChI=1S/C17H14F3N3O/c1-9-12-6-3-7-13(14(12)23-15(9)17(18,19)20)16(24)22-11-5-2-4-10(21)8-11/h2-8,23H,21H2,1H3,(H,22,24). The third-order valence-electron chi connectivity index (χ3n) is 3.77. The van der Waals surface area contributed by atoms with E-state index in [0.717, 1.165) is 0 Å². The molecule has 124 valence electrons. The molecule has 4 N–H and O–H groups in total. The number of carbonyl (C=O) groups is 1. The highest BCUT2D eigenvalue weighted by molar-refractivity contribution is 6.12. The number of hydrogen-bond donors (Lipinski definition) is 3. The van der Waals surface area contributed by atoms with Crippen molar-refractivity contribution in [3.8, 4) is 0 Å². The van der Waals surface area contributed by atoms with E-state index in [4.69, 9.17) is 5.73 Å². The first-order chi connectivity index (χ1) is 11.3. The zero-order valence-electron chi connectivity index (χ0n) is 12.7. The summed E-state index contributed by atoms with van der Waals surface area (Å²) in [5.74, 6) is -0.513. The summed E-state index contributed by atoms with van der Waals surface area (Å²) in [7, 11) is 0. The number of nitrogen functional groups attached to an aromatic ring is 1. The maximum absolute atomic E-state index is 13.1. The number of aryl methyl sites for hydroxylation is 1. The Balaban J connectivity index is 2.05. The molecule has 0 spiro atoms. The van der Waals surface area contributed by atoms with Crippen LogP contribution in [0.25, 0.3) is 10.9 Å². The molecule has 3 rings (SSSR count). The molecule has 1 aromatic heterocycles. The number of hydrogen-bond acceptors (Lipinski definition) is 2. The number of nitrogens with two attached hydrogens (primary N) is 1. The second-order valence-electron chi connectivity index (χ2n) is 5.43. The first-order valence-electron chi connectivity index (χ1n) is 7.13. The average Bonchev–Trinajstić information content (AvgIpc) is 2.85. The molecule has 0 bridgehead atoms. The van der Waals surface area contributed by atoms with Gasteiger partial charge in [-0.1, -0.05) is 18.2 Å². The SMILES string of the molecule is Cc1c(C(F)(F)F)[nH]c2c(C(=O)Nc3cccc(N)c3)cccc12. The molecular weight excluding hydrogens is 319 g/mol. The lowest BCUT2D eigenvalue weighted by Crippen LogP contribution is -2.12. The van der Waals surface area contributed by atoms with Gasteiger partial charge in [0.1, 0.15) is 5.69 Å². The van der Waals surface area contributed by atoms with E-state index in [1.54, 1.807) is 36.4 Å². The zero-order valence-corrected chi connectivity index (χ0v) is 12.7. The number of aromatic amines is 1. The number of para-hydroxylation sites is 1. The number of carbonyl (C=O) groups excluding carboxylic acids is 1. The van der Waals surface area contributed by atoms with Gasteiger partial charge in [0.25, 0.3) is 5.91 Å². The Labute approximate surface area is 135 Å². The van der Waals surface area contributed by atoms with Crippen LogP contribution in [0.4, 0.5) is 24.5 Å². The van der Waals surface area contributed by atoms with Crippen molar-refractivity contribution in [1.29, 1.82) is 0 Å². The van der Waals surface area contributed by atoms with Crippen LogP contribution in [0.3, 0.4) is 0 Å². The van der Waals surface area contributed by atoms with E-state index >= 15 is 0 Å². The molecule has 0 radical (unpaired) electrons. The van der Waals surface area contributed by atoms with E-state index in [2.05, 4.69) is 10.3 Å².